The van der Waals surface area contributed by atoms with Crippen molar-refractivity contribution in [3.05, 3.63) is 0 Å². The first kappa shape index (κ1) is 27.4. The van der Waals surface area contributed by atoms with E-state index in [1.807, 2.05) is 21.0 Å². The molecule has 0 amide bonds. The molecule has 1 unspecified atom stereocenters. The summed E-state index contributed by atoms with van der Waals surface area (Å²) in [7, 11) is 3.95. The van der Waals surface area contributed by atoms with Gasteiger partial charge in [-0.1, -0.05) is 96.8 Å². The number of aliphatic hydroxyl groups is 1. The van der Waals surface area contributed by atoms with Gasteiger partial charge in [-0.25, -0.2) is 0 Å². The monoisotopic (exact) mass is 399 g/mol. The SMILES string of the molecule is CCCCCCCCCCCCCCCCC(C)(O)C[N+](C)(C)CCC(=O)[O-]. The van der Waals surface area contributed by atoms with Crippen LogP contribution in [0, 0.1) is 0 Å². The molecule has 1 atom stereocenters. The molecule has 28 heavy (non-hydrogen) atoms. The molecule has 0 aromatic heterocycles. The second kappa shape index (κ2) is 16.2. The lowest BCUT2D eigenvalue weighted by Gasteiger charge is -2.36. The lowest BCUT2D eigenvalue weighted by Crippen LogP contribution is -2.51. The van der Waals surface area contributed by atoms with Crippen molar-refractivity contribution >= 4 is 5.97 Å². The molecule has 0 saturated carbocycles. The lowest BCUT2D eigenvalue weighted by molar-refractivity contribution is -0.896. The van der Waals surface area contributed by atoms with Gasteiger partial charge in [-0.2, -0.15) is 0 Å². The first-order chi connectivity index (χ1) is 13.2. The average molecular weight is 400 g/mol. The molecule has 0 spiro atoms. The van der Waals surface area contributed by atoms with Crippen molar-refractivity contribution in [1.29, 1.82) is 0 Å². The number of hydrogen-bond donors (Lipinski definition) is 1. The molecule has 4 nitrogen and oxygen atoms in total. The number of aliphatic carboxylic acids is 1. The normalized spacial score (nSPS) is 14.2. The fourth-order valence-electron chi connectivity index (χ4n) is 4.17. The minimum atomic E-state index is -1.02. The topological polar surface area (TPSA) is 60.4 Å². The van der Waals surface area contributed by atoms with E-state index in [0.29, 0.717) is 17.6 Å². The van der Waals surface area contributed by atoms with Crippen LogP contribution in [-0.2, 0) is 4.79 Å². The van der Waals surface area contributed by atoms with Gasteiger partial charge in [0.05, 0.1) is 20.6 Å². The number of carboxylic acids is 1. The highest BCUT2D eigenvalue weighted by atomic mass is 16.4. The Morgan fingerprint density at radius 3 is 1.61 bits per heavy atom. The summed E-state index contributed by atoms with van der Waals surface area (Å²) >= 11 is 0. The van der Waals surface area contributed by atoms with Gasteiger partial charge in [-0.3, -0.25) is 0 Å². The standard InChI is InChI=1S/C24H49NO3/c1-5-6-7-8-9-10-11-12-13-14-15-16-17-18-20-24(2,28)22-25(3,4)21-19-23(26)27/h28H,5-22H2,1-4H3. The summed E-state index contributed by atoms with van der Waals surface area (Å²) in [6.45, 7) is 5.23. The van der Waals surface area contributed by atoms with E-state index in [4.69, 9.17) is 0 Å². The highest BCUT2D eigenvalue weighted by molar-refractivity contribution is 5.64. The summed E-state index contributed by atoms with van der Waals surface area (Å²) in [6, 6.07) is 0. The summed E-state index contributed by atoms with van der Waals surface area (Å²) < 4.78 is 0.513. The third kappa shape index (κ3) is 18.7. The number of hydrogen-bond acceptors (Lipinski definition) is 3. The molecule has 0 bridgehead atoms. The third-order valence-electron chi connectivity index (χ3n) is 5.76. The molecule has 0 radical (unpaired) electrons. The number of quaternary nitrogens is 1. The summed E-state index contributed by atoms with van der Waals surface area (Å²) in [4.78, 5) is 10.6. The van der Waals surface area contributed by atoms with Gasteiger partial charge in [-0.05, 0) is 13.3 Å². The van der Waals surface area contributed by atoms with E-state index in [-0.39, 0.29) is 6.42 Å². The van der Waals surface area contributed by atoms with E-state index in [2.05, 4.69) is 6.92 Å². The molecule has 4 heteroatoms. The summed E-state index contributed by atoms with van der Waals surface area (Å²) in [5.74, 6) is -1.02. The second-order valence-electron chi connectivity index (χ2n) is 9.78. The fraction of sp³-hybridized carbons (Fsp3) is 0.958. The molecule has 1 N–H and O–H groups in total. The number of rotatable bonds is 20. The summed E-state index contributed by atoms with van der Waals surface area (Å²) in [5, 5.41) is 21.3. The Morgan fingerprint density at radius 2 is 1.21 bits per heavy atom. The highest BCUT2D eigenvalue weighted by Crippen LogP contribution is 2.20. The molecule has 0 aliphatic heterocycles. The van der Waals surface area contributed by atoms with Crippen LogP contribution in [0.2, 0.25) is 0 Å². The van der Waals surface area contributed by atoms with Crippen molar-refractivity contribution < 1.29 is 19.5 Å². The summed E-state index contributed by atoms with van der Waals surface area (Å²) in [6.07, 6.45) is 19.5. The van der Waals surface area contributed by atoms with Crippen molar-refractivity contribution in [3.8, 4) is 0 Å². The zero-order chi connectivity index (χ0) is 21.3. The van der Waals surface area contributed by atoms with Crippen molar-refractivity contribution in [3.63, 3.8) is 0 Å². The van der Waals surface area contributed by atoms with E-state index in [0.717, 1.165) is 12.8 Å². The Morgan fingerprint density at radius 1 is 0.821 bits per heavy atom. The van der Waals surface area contributed by atoms with Gasteiger partial charge in [0.1, 0.15) is 12.1 Å². The van der Waals surface area contributed by atoms with E-state index in [1.54, 1.807) is 0 Å². The Labute approximate surface area is 175 Å². The van der Waals surface area contributed by atoms with Crippen molar-refractivity contribution in [2.75, 3.05) is 27.2 Å². The van der Waals surface area contributed by atoms with E-state index in [1.165, 1.54) is 83.5 Å². The zero-order valence-electron chi connectivity index (χ0n) is 19.4. The van der Waals surface area contributed by atoms with Crippen molar-refractivity contribution in [1.82, 2.24) is 0 Å². The first-order valence-corrected chi connectivity index (χ1v) is 11.9. The predicted octanol–water partition coefficient (Wildman–Crippen LogP) is 4.83. The Bertz CT molecular complexity index is 380. The van der Waals surface area contributed by atoms with E-state index in [9.17, 15) is 15.0 Å². The Kier molecular flexibility index (Phi) is 15.9. The van der Waals surface area contributed by atoms with Crippen LogP contribution in [0.4, 0.5) is 0 Å². The van der Waals surface area contributed by atoms with Crippen LogP contribution in [0.3, 0.4) is 0 Å². The van der Waals surface area contributed by atoms with Crippen LogP contribution in [-0.4, -0.2) is 48.3 Å². The number of carbonyl (C=O) groups is 1. The number of carbonyl (C=O) groups excluding carboxylic acids is 1. The molecule has 0 heterocycles. The van der Waals surface area contributed by atoms with Gasteiger partial charge >= 0.3 is 0 Å². The van der Waals surface area contributed by atoms with Crippen LogP contribution in [0.5, 0.6) is 0 Å². The highest BCUT2D eigenvalue weighted by Gasteiger charge is 2.29. The minimum absolute atomic E-state index is 0.0436. The maximum Gasteiger partial charge on any atom is 0.111 e. The van der Waals surface area contributed by atoms with Crippen LogP contribution in [0.1, 0.15) is 117 Å². The maximum atomic E-state index is 10.6. The zero-order valence-corrected chi connectivity index (χ0v) is 19.4. The smallest absolute Gasteiger partial charge is 0.111 e. The van der Waals surface area contributed by atoms with E-state index < -0.39 is 11.6 Å². The van der Waals surface area contributed by atoms with Gasteiger partial charge in [0.2, 0.25) is 0 Å². The number of nitrogens with zero attached hydrogens (tertiary/aromatic N) is 1. The van der Waals surface area contributed by atoms with Gasteiger partial charge in [0, 0.05) is 12.4 Å². The predicted molar refractivity (Wildman–Crippen MR) is 117 cm³/mol. The van der Waals surface area contributed by atoms with Gasteiger partial charge in [0.15, 0.2) is 0 Å². The Balaban J connectivity index is 3.55. The molecular formula is C24H49NO3. The number of unbranched alkanes of at least 4 members (excludes halogenated alkanes) is 13. The minimum Gasteiger partial charge on any atom is -0.550 e. The van der Waals surface area contributed by atoms with Crippen LogP contribution in [0.15, 0.2) is 0 Å². The first-order valence-electron chi connectivity index (χ1n) is 11.9. The molecule has 0 aromatic rings. The quantitative estimate of drug-likeness (QED) is 0.236. The maximum absolute atomic E-state index is 10.6. The third-order valence-corrected chi connectivity index (χ3v) is 5.76. The molecule has 0 aromatic carbocycles. The number of carboxylic acid groups (broad SMARTS) is 1. The number of likely N-dealkylation sites (N-methyl/N-ethyl adjacent to an activating group) is 1. The molecule has 0 fully saturated rings. The molecular weight excluding hydrogens is 350 g/mol. The lowest BCUT2D eigenvalue weighted by atomic mass is 9.96. The van der Waals surface area contributed by atoms with Crippen molar-refractivity contribution in [2.24, 2.45) is 0 Å². The summed E-state index contributed by atoms with van der Waals surface area (Å²) in [5.41, 5.74) is -0.730. The largest absolute Gasteiger partial charge is 0.550 e. The molecule has 0 aliphatic rings. The van der Waals surface area contributed by atoms with Gasteiger partial charge < -0.3 is 19.5 Å². The van der Waals surface area contributed by atoms with E-state index >= 15 is 0 Å². The molecule has 0 rings (SSSR count). The van der Waals surface area contributed by atoms with Crippen LogP contribution >= 0.6 is 0 Å². The van der Waals surface area contributed by atoms with Crippen LogP contribution < -0.4 is 5.11 Å². The average Bonchev–Trinajstić information content (AvgIpc) is 2.59. The molecule has 0 aliphatic carbocycles. The second-order valence-corrected chi connectivity index (χ2v) is 9.78. The molecule has 0 saturated heterocycles. The Hall–Kier alpha value is -0.610. The van der Waals surface area contributed by atoms with Gasteiger partial charge in [0.25, 0.3) is 0 Å². The van der Waals surface area contributed by atoms with Crippen molar-refractivity contribution in [2.45, 2.75) is 122 Å². The fourth-order valence-corrected chi connectivity index (χ4v) is 4.17. The van der Waals surface area contributed by atoms with Gasteiger partial charge in [-0.15, -0.1) is 0 Å². The molecule has 168 valence electrons. The van der Waals surface area contributed by atoms with Crippen LogP contribution in [0.25, 0.3) is 0 Å².